The summed E-state index contributed by atoms with van der Waals surface area (Å²) < 4.78 is 5.36. The summed E-state index contributed by atoms with van der Waals surface area (Å²) in [5.41, 5.74) is -0.575. The number of carbonyl (C=O) groups is 3. The highest BCUT2D eigenvalue weighted by molar-refractivity contribution is 6.04. The van der Waals surface area contributed by atoms with Crippen molar-refractivity contribution in [1.82, 2.24) is 14.7 Å². The summed E-state index contributed by atoms with van der Waals surface area (Å²) in [5, 5.41) is 0. The van der Waals surface area contributed by atoms with E-state index >= 15 is 0 Å². The first-order valence-electron chi connectivity index (χ1n) is 7.34. The van der Waals surface area contributed by atoms with Gasteiger partial charge in [-0.15, -0.1) is 0 Å². The average Bonchev–Trinajstić information content (AvgIpc) is 2.56. The molecule has 21 heavy (non-hydrogen) atoms. The maximum absolute atomic E-state index is 12.3. The molecule has 1 atom stereocenters. The molecule has 0 saturated carbocycles. The smallest absolute Gasteiger partial charge is 0.410 e. The Morgan fingerprint density at radius 1 is 1.29 bits per heavy atom. The summed E-state index contributed by atoms with van der Waals surface area (Å²) in [5.74, 6) is -0.224. The van der Waals surface area contributed by atoms with Gasteiger partial charge in [-0.05, 0) is 34.1 Å². The number of urea groups is 1. The van der Waals surface area contributed by atoms with Gasteiger partial charge < -0.3 is 14.5 Å². The number of imide groups is 1. The van der Waals surface area contributed by atoms with Crippen molar-refractivity contribution >= 4 is 18.0 Å². The monoisotopic (exact) mass is 297 g/mol. The van der Waals surface area contributed by atoms with Crippen molar-refractivity contribution in [2.45, 2.75) is 45.8 Å². The number of likely N-dealkylation sites (N-methyl/N-ethyl adjacent to an activating group) is 1. The van der Waals surface area contributed by atoms with Crippen LogP contribution in [0.2, 0.25) is 0 Å². The molecule has 0 radical (unpaired) electrons. The molecule has 0 unspecified atom stereocenters. The van der Waals surface area contributed by atoms with E-state index in [0.29, 0.717) is 26.1 Å². The van der Waals surface area contributed by atoms with Crippen LogP contribution in [-0.2, 0) is 9.53 Å². The van der Waals surface area contributed by atoms with Crippen molar-refractivity contribution in [3.63, 3.8) is 0 Å². The first kappa shape index (κ1) is 15.6. The zero-order valence-corrected chi connectivity index (χ0v) is 13.1. The molecule has 0 aromatic heterocycles. The maximum Gasteiger partial charge on any atom is 0.410 e. The molecule has 2 heterocycles. The normalized spacial score (nSPS) is 23.2. The van der Waals surface area contributed by atoms with Crippen molar-refractivity contribution in [1.29, 1.82) is 0 Å². The van der Waals surface area contributed by atoms with Gasteiger partial charge in [0, 0.05) is 19.6 Å². The van der Waals surface area contributed by atoms with Crippen LogP contribution in [0.1, 0.15) is 34.1 Å². The number of hydrogen-bond donors (Lipinski definition) is 0. The minimum Gasteiger partial charge on any atom is -0.444 e. The summed E-state index contributed by atoms with van der Waals surface area (Å²) in [6.45, 7) is 8.73. The van der Waals surface area contributed by atoms with Gasteiger partial charge in [-0.3, -0.25) is 9.69 Å². The number of ether oxygens (including phenoxy) is 1. The Kier molecular flexibility index (Phi) is 4.11. The third-order valence-corrected chi connectivity index (χ3v) is 3.59. The van der Waals surface area contributed by atoms with Gasteiger partial charge in [-0.25, -0.2) is 9.59 Å². The minimum atomic E-state index is -0.576. The highest BCUT2D eigenvalue weighted by Crippen LogP contribution is 2.22. The van der Waals surface area contributed by atoms with E-state index < -0.39 is 17.7 Å². The van der Waals surface area contributed by atoms with Crippen LogP contribution in [0.3, 0.4) is 0 Å². The predicted molar refractivity (Wildman–Crippen MR) is 75.7 cm³/mol. The molecule has 0 aromatic carbocycles. The molecule has 0 bridgehead atoms. The van der Waals surface area contributed by atoms with Gasteiger partial charge in [-0.1, -0.05) is 0 Å². The van der Waals surface area contributed by atoms with Gasteiger partial charge in [0.25, 0.3) is 5.91 Å². The number of carbonyl (C=O) groups excluding carboxylic acids is 3. The molecule has 7 heteroatoms. The van der Waals surface area contributed by atoms with Crippen molar-refractivity contribution in [3.05, 3.63) is 0 Å². The largest absolute Gasteiger partial charge is 0.444 e. The van der Waals surface area contributed by atoms with E-state index in [9.17, 15) is 14.4 Å². The van der Waals surface area contributed by atoms with Crippen molar-refractivity contribution in [2.75, 3.05) is 26.2 Å². The fraction of sp³-hybridized carbons (Fsp3) is 0.786. The Balaban J connectivity index is 2.12. The first-order chi connectivity index (χ1) is 9.74. The Hall–Kier alpha value is -1.79. The molecule has 2 fully saturated rings. The summed E-state index contributed by atoms with van der Waals surface area (Å²) in [7, 11) is 0. The fourth-order valence-electron chi connectivity index (χ4n) is 2.64. The van der Waals surface area contributed by atoms with Gasteiger partial charge >= 0.3 is 12.1 Å². The summed E-state index contributed by atoms with van der Waals surface area (Å²) in [6.07, 6.45) is 0.214. The van der Waals surface area contributed by atoms with Crippen LogP contribution in [0.5, 0.6) is 0 Å². The molecule has 118 valence electrons. The topological polar surface area (TPSA) is 70.2 Å². The van der Waals surface area contributed by atoms with E-state index in [1.165, 1.54) is 9.80 Å². The molecule has 0 aliphatic carbocycles. The number of fused-ring (bicyclic) bond motifs is 1. The third-order valence-electron chi connectivity index (χ3n) is 3.59. The average molecular weight is 297 g/mol. The second-order valence-corrected chi connectivity index (χ2v) is 6.35. The zero-order chi connectivity index (χ0) is 15.8. The SMILES string of the molecule is CCN1C(=O)[C@@H]2CN(C(=O)OC(C)(C)C)CCCN2C1=O. The molecule has 2 aliphatic heterocycles. The molecule has 7 nitrogen and oxygen atoms in total. The second-order valence-electron chi connectivity index (χ2n) is 6.35. The molecule has 0 aromatic rings. The predicted octanol–water partition coefficient (Wildman–Crippen LogP) is 1.28. The van der Waals surface area contributed by atoms with E-state index in [0.717, 1.165) is 0 Å². The Bertz CT molecular complexity index is 458. The number of amides is 4. The molecular formula is C14H23N3O4. The van der Waals surface area contributed by atoms with Crippen LogP contribution in [0.15, 0.2) is 0 Å². The quantitative estimate of drug-likeness (QED) is 0.684. The lowest BCUT2D eigenvalue weighted by Gasteiger charge is -2.27. The van der Waals surface area contributed by atoms with Gasteiger partial charge in [0.2, 0.25) is 0 Å². The molecule has 2 saturated heterocycles. The lowest BCUT2D eigenvalue weighted by atomic mass is 10.2. The van der Waals surface area contributed by atoms with E-state index in [4.69, 9.17) is 4.74 Å². The van der Waals surface area contributed by atoms with Gasteiger partial charge in [0.05, 0.1) is 6.54 Å². The van der Waals surface area contributed by atoms with Gasteiger partial charge in [-0.2, -0.15) is 0 Å². The molecule has 0 spiro atoms. The zero-order valence-electron chi connectivity index (χ0n) is 13.1. The van der Waals surface area contributed by atoms with Gasteiger partial charge in [0.1, 0.15) is 11.6 Å². The van der Waals surface area contributed by atoms with Crippen molar-refractivity contribution in [3.8, 4) is 0 Å². The molecule has 2 aliphatic rings. The standard InChI is InChI=1S/C14H23N3O4/c1-5-16-11(18)10-9-15(13(20)21-14(2,3)4)7-6-8-17(10)12(16)19/h10H,5-9H2,1-4H3/t10-/m0/s1. The van der Waals surface area contributed by atoms with Crippen LogP contribution in [0, 0.1) is 0 Å². The fourth-order valence-corrected chi connectivity index (χ4v) is 2.64. The Morgan fingerprint density at radius 3 is 2.52 bits per heavy atom. The molecule has 0 N–H and O–H groups in total. The van der Waals surface area contributed by atoms with E-state index in [1.807, 2.05) is 0 Å². The third kappa shape index (κ3) is 3.11. The van der Waals surface area contributed by atoms with E-state index in [1.54, 1.807) is 32.6 Å². The second kappa shape index (κ2) is 5.54. The van der Waals surface area contributed by atoms with Crippen molar-refractivity contribution in [2.24, 2.45) is 0 Å². The molecule has 2 rings (SSSR count). The Morgan fingerprint density at radius 2 is 1.95 bits per heavy atom. The highest BCUT2D eigenvalue weighted by atomic mass is 16.6. The first-order valence-corrected chi connectivity index (χ1v) is 7.34. The van der Waals surface area contributed by atoms with Gasteiger partial charge in [0.15, 0.2) is 0 Å². The van der Waals surface area contributed by atoms with Crippen molar-refractivity contribution < 1.29 is 19.1 Å². The Labute approximate surface area is 124 Å². The summed E-state index contributed by atoms with van der Waals surface area (Å²) in [4.78, 5) is 40.9. The summed E-state index contributed by atoms with van der Waals surface area (Å²) >= 11 is 0. The van der Waals surface area contributed by atoms with Crippen LogP contribution in [0.4, 0.5) is 9.59 Å². The van der Waals surface area contributed by atoms with Crippen LogP contribution in [-0.4, -0.2) is 70.6 Å². The van der Waals surface area contributed by atoms with Crippen LogP contribution in [0.25, 0.3) is 0 Å². The van der Waals surface area contributed by atoms with Crippen LogP contribution >= 0.6 is 0 Å². The van der Waals surface area contributed by atoms with E-state index in [2.05, 4.69) is 0 Å². The maximum atomic E-state index is 12.3. The summed E-state index contributed by atoms with van der Waals surface area (Å²) in [6, 6.07) is -0.828. The number of hydrogen-bond acceptors (Lipinski definition) is 4. The number of nitrogens with zero attached hydrogens (tertiary/aromatic N) is 3. The molecule has 4 amide bonds. The minimum absolute atomic E-state index is 0.204. The van der Waals surface area contributed by atoms with Crippen LogP contribution < -0.4 is 0 Å². The highest BCUT2D eigenvalue weighted by Gasteiger charge is 2.46. The lowest BCUT2D eigenvalue weighted by molar-refractivity contribution is -0.128. The molecular weight excluding hydrogens is 274 g/mol. The number of rotatable bonds is 1. The van der Waals surface area contributed by atoms with E-state index in [-0.39, 0.29) is 18.5 Å². The lowest BCUT2D eigenvalue weighted by Crippen LogP contribution is -2.45.